The van der Waals surface area contributed by atoms with E-state index >= 15 is 4.39 Å². The summed E-state index contributed by atoms with van der Waals surface area (Å²) in [5.74, 6) is 0.215. The van der Waals surface area contributed by atoms with Crippen molar-refractivity contribution in [3.8, 4) is 5.75 Å². The lowest BCUT2D eigenvalue weighted by Crippen LogP contribution is -2.56. The highest BCUT2D eigenvalue weighted by Gasteiger charge is 2.46. The van der Waals surface area contributed by atoms with Crippen molar-refractivity contribution in [2.75, 3.05) is 33.3 Å². The van der Waals surface area contributed by atoms with Crippen LogP contribution < -0.4 is 4.74 Å². The number of likely N-dealkylation sites (tertiary alicyclic amines) is 2. The minimum absolute atomic E-state index is 0.105. The lowest BCUT2D eigenvalue weighted by atomic mass is 9.92. The molecule has 1 unspecified atom stereocenters. The van der Waals surface area contributed by atoms with Crippen LogP contribution in [-0.4, -0.2) is 60.6 Å². The minimum Gasteiger partial charge on any atom is -0.496 e. The summed E-state index contributed by atoms with van der Waals surface area (Å²) >= 11 is 0. The van der Waals surface area contributed by atoms with Gasteiger partial charge in [0, 0.05) is 26.1 Å². The number of hydrogen-bond acceptors (Lipinski definition) is 3. The zero-order chi connectivity index (χ0) is 18.6. The van der Waals surface area contributed by atoms with Crippen molar-refractivity contribution in [2.45, 2.75) is 44.2 Å². The van der Waals surface area contributed by atoms with Gasteiger partial charge >= 0.3 is 0 Å². The Balaban J connectivity index is 1.59. The molecule has 1 atom stereocenters. The maximum Gasteiger partial charge on any atom is 0.262 e. The largest absolute Gasteiger partial charge is 0.496 e. The van der Waals surface area contributed by atoms with Gasteiger partial charge in [-0.2, -0.15) is 0 Å². The topological polar surface area (TPSA) is 49.9 Å². The fourth-order valence-corrected chi connectivity index (χ4v) is 3.91. The fraction of sp³-hybridized carbons (Fsp3) is 0.600. The maximum atomic E-state index is 15.3. The Hall–Kier alpha value is -2.11. The molecule has 142 valence electrons. The summed E-state index contributed by atoms with van der Waals surface area (Å²) in [5, 5.41) is 0. The van der Waals surface area contributed by atoms with Crippen LogP contribution in [0.25, 0.3) is 0 Å². The van der Waals surface area contributed by atoms with Gasteiger partial charge in [-0.3, -0.25) is 9.59 Å². The van der Waals surface area contributed by atoms with Gasteiger partial charge in [0.05, 0.1) is 13.7 Å². The number of benzene rings is 1. The van der Waals surface area contributed by atoms with E-state index < -0.39 is 11.6 Å². The van der Waals surface area contributed by atoms with E-state index in [4.69, 9.17) is 4.74 Å². The number of hydrogen-bond donors (Lipinski definition) is 0. The molecule has 0 aromatic heterocycles. The Bertz CT molecular complexity index is 660. The number of nitrogens with zero attached hydrogens (tertiary/aromatic N) is 2. The van der Waals surface area contributed by atoms with Crippen molar-refractivity contribution in [3.05, 3.63) is 29.8 Å². The second-order valence-corrected chi connectivity index (χ2v) is 7.20. The molecule has 0 radical (unpaired) electrons. The molecule has 0 aliphatic carbocycles. The molecular formula is C20H27FN2O3. The molecular weight excluding hydrogens is 335 g/mol. The molecule has 0 saturated carbocycles. The molecule has 2 amide bonds. The van der Waals surface area contributed by atoms with Crippen LogP contribution in [0, 0.1) is 0 Å². The van der Waals surface area contributed by atoms with E-state index in [0.29, 0.717) is 32.5 Å². The average molecular weight is 362 g/mol. The first kappa shape index (κ1) is 18.7. The SMILES string of the molecule is COc1ccccc1CCC(=O)N1CCCC(F)(C(=O)N2CCCC2)C1. The number of halogens is 1. The van der Waals surface area contributed by atoms with E-state index in [9.17, 15) is 9.59 Å². The minimum atomic E-state index is -1.93. The van der Waals surface area contributed by atoms with Gasteiger partial charge in [0.2, 0.25) is 11.6 Å². The van der Waals surface area contributed by atoms with E-state index in [2.05, 4.69) is 0 Å². The van der Waals surface area contributed by atoms with Crippen molar-refractivity contribution in [1.29, 1.82) is 0 Å². The van der Waals surface area contributed by atoms with Gasteiger partial charge < -0.3 is 14.5 Å². The second kappa shape index (κ2) is 8.06. The molecule has 0 bridgehead atoms. The Labute approximate surface area is 154 Å². The van der Waals surface area contributed by atoms with Gasteiger partial charge in [0.1, 0.15) is 5.75 Å². The van der Waals surface area contributed by atoms with E-state index in [-0.39, 0.29) is 25.3 Å². The number of alkyl halides is 1. The second-order valence-electron chi connectivity index (χ2n) is 7.20. The van der Waals surface area contributed by atoms with E-state index in [1.807, 2.05) is 24.3 Å². The van der Waals surface area contributed by atoms with Gasteiger partial charge in [0.25, 0.3) is 5.91 Å². The first-order valence-corrected chi connectivity index (χ1v) is 9.41. The van der Waals surface area contributed by atoms with Crippen molar-refractivity contribution in [3.63, 3.8) is 0 Å². The molecule has 2 aliphatic rings. The molecule has 26 heavy (non-hydrogen) atoms. The number of ether oxygens (including phenoxy) is 1. The quantitative estimate of drug-likeness (QED) is 0.809. The van der Waals surface area contributed by atoms with Crippen LogP contribution >= 0.6 is 0 Å². The molecule has 6 heteroatoms. The van der Waals surface area contributed by atoms with Crippen LogP contribution in [0.3, 0.4) is 0 Å². The summed E-state index contributed by atoms with van der Waals surface area (Å²) in [6, 6.07) is 7.58. The van der Waals surface area contributed by atoms with Crippen molar-refractivity contribution >= 4 is 11.8 Å². The highest BCUT2D eigenvalue weighted by Crippen LogP contribution is 2.30. The van der Waals surface area contributed by atoms with Crippen LogP contribution in [-0.2, 0) is 16.0 Å². The first-order chi connectivity index (χ1) is 12.5. The third kappa shape index (κ3) is 4.00. The molecule has 5 nitrogen and oxygen atoms in total. The Morgan fingerprint density at radius 2 is 1.81 bits per heavy atom. The molecule has 1 aromatic rings. The zero-order valence-electron chi connectivity index (χ0n) is 15.4. The van der Waals surface area contributed by atoms with E-state index in [1.165, 1.54) is 4.90 Å². The van der Waals surface area contributed by atoms with Crippen LogP contribution in [0.1, 0.15) is 37.7 Å². The average Bonchev–Trinajstić information content (AvgIpc) is 3.20. The number of carbonyl (C=O) groups excluding carboxylic acids is 2. The van der Waals surface area contributed by atoms with Gasteiger partial charge in [-0.25, -0.2) is 4.39 Å². The zero-order valence-corrected chi connectivity index (χ0v) is 15.4. The van der Waals surface area contributed by atoms with Gasteiger partial charge in [-0.05, 0) is 43.7 Å². The normalized spacial score (nSPS) is 23.2. The van der Waals surface area contributed by atoms with Crippen molar-refractivity contribution < 1.29 is 18.7 Å². The highest BCUT2D eigenvalue weighted by atomic mass is 19.1. The number of piperidine rings is 1. The van der Waals surface area contributed by atoms with Crippen LogP contribution in [0.5, 0.6) is 5.75 Å². The van der Waals surface area contributed by atoms with Gasteiger partial charge in [-0.1, -0.05) is 18.2 Å². The van der Waals surface area contributed by atoms with Crippen LogP contribution in [0.4, 0.5) is 4.39 Å². The lowest BCUT2D eigenvalue weighted by molar-refractivity contribution is -0.150. The molecule has 2 fully saturated rings. The van der Waals surface area contributed by atoms with Crippen molar-refractivity contribution in [1.82, 2.24) is 9.80 Å². The lowest BCUT2D eigenvalue weighted by Gasteiger charge is -2.38. The number of rotatable bonds is 5. The molecule has 1 aromatic carbocycles. The van der Waals surface area contributed by atoms with Crippen molar-refractivity contribution in [2.24, 2.45) is 0 Å². The van der Waals surface area contributed by atoms with Crippen LogP contribution in [0.15, 0.2) is 24.3 Å². The predicted octanol–water partition coefficient (Wildman–Crippen LogP) is 2.58. The molecule has 2 aliphatic heterocycles. The van der Waals surface area contributed by atoms with Gasteiger partial charge in [0.15, 0.2) is 0 Å². The molecule has 3 rings (SSSR count). The molecule has 0 N–H and O–H groups in total. The Morgan fingerprint density at radius 1 is 1.12 bits per heavy atom. The third-order valence-electron chi connectivity index (χ3n) is 5.37. The Morgan fingerprint density at radius 3 is 2.54 bits per heavy atom. The Kier molecular flexibility index (Phi) is 5.79. The number of aryl methyl sites for hydroxylation is 1. The number of methoxy groups -OCH3 is 1. The number of amides is 2. The third-order valence-corrected chi connectivity index (χ3v) is 5.37. The monoisotopic (exact) mass is 362 g/mol. The molecule has 2 saturated heterocycles. The smallest absolute Gasteiger partial charge is 0.262 e. The van der Waals surface area contributed by atoms with Crippen LogP contribution in [0.2, 0.25) is 0 Å². The summed E-state index contributed by atoms with van der Waals surface area (Å²) in [6.45, 7) is 1.66. The standard InChI is InChI=1S/C20H27FN2O3/c1-26-17-8-3-2-7-16(17)9-10-18(24)23-14-6-11-20(21,15-23)19(25)22-12-4-5-13-22/h2-3,7-8H,4-6,9-15H2,1H3. The van der Waals surface area contributed by atoms with E-state index in [1.54, 1.807) is 12.0 Å². The van der Waals surface area contributed by atoms with Gasteiger partial charge in [-0.15, -0.1) is 0 Å². The first-order valence-electron chi connectivity index (χ1n) is 9.41. The fourth-order valence-electron chi connectivity index (χ4n) is 3.91. The maximum absolute atomic E-state index is 15.3. The molecule has 2 heterocycles. The molecule has 0 spiro atoms. The summed E-state index contributed by atoms with van der Waals surface area (Å²) in [7, 11) is 1.60. The number of carbonyl (C=O) groups is 2. The summed E-state index contributed by atoms with van der Waals surface area (Å²) < 4.78 is 20.6. The number of para-hydroxylation sites is 1. The summed E-state index contributed by atoms with van der Waals surface area (Å²) in [4.78, 5) is 28.3. The van der Waals surface area contributed by atoms with E-state index in [0.717, 1.165) is 24.2 Å². The predicted molar refractivity (Wildman–Crippen MR) is 96.8 cm³/mol. The summed E-state index contributed by atoms with van der Waals surface area (Å²) in [6.07, 6.45) is 3.43. The highest BCUT2D eigenvalue weighted by molar-refractivity contribution is 5.87. The summed E-state index contributed by atoms with van der Waals surface area (Å²) in [5.41, 5.74) is -0.970.